The second-order valence-electron chi connectivity index (χ2n) is 6.51. The van der Waals surface area contributed by atoms with E-state index < -0.39 is 0 Å². The fourth-order valence-electron chi connectivity index (χ4n) is 4.04. The van der Waals surface area contributed by atoms with Crippen molar-refractivity contribution in [1.82, 2.24) is 20.0 Å². The van der Waals surface area contributed by atoms with E-state index in [9.17, 15) is 0 Å². The van der Waals surface area contributed by atoms with E-state index in [4.69, 9.17) is 11.6 Å². The number of hydrogen-bond donors (Lipinski definition) is 1. The van der Waals surface area contributed by atoms with Gasteiger partial charge in [-0.2, -0.15) is 5.10 Å². The van der Waals surface area contributed by atoms with Crippen LogP contribution in [-0.2, 0) is 6.54 Å². The van der Waals surface area contributed by atoms with Crippen LogP contribution in [0.2, 0.25) is 5.02 Å². The Balaban J connectivity index is 1.78. The number of nitrogens with zero attached hydrogens (tertiary/aromatic N) is 3. The van der Waals surface area contributed by atoms with E-state index in [0.717, 1.165) is 35.9 Å². The Labute approximate surface area is 126 Å². The highest BCUT2D eigenvalue weighted by Gasteiger charge is 2.56. The summed E-state index contributed by atoms with van der Waals surface area (Å²) < 4.78 is 2.09. The van der Waals surface area contributed by atoms with Crippen LogP contribution < -0.4 is 5.32 Å². The molecule has 112 valence electrons. The fraction of sp³-hybridized carbons (Fsp3) is 0.800. The molecule has 2 aliphatic rings. The van der Waals surface area contributed by atoms with Crippen molar-refractivity contribution >= 4 is 11.6 Å². The van der Waals surface area contributed by atoms with E-state index in [1.807, 2.05) is 0 Å². The first-order valence-electron chi connectivity index (χ1n) is 7.66. The van der Waals surface area contributed by atoms with Crippen LogP contribution in [0.25, 0.3) is 0 Å². The predicted molar refractivity (Wildman–Crippen MR) is 81.9 cm³/mol. The van der Waals surface area contributed by atoms with E-state index in [1.54, 1.807) is 6.20 Å². The monoisotopic (exact) mass is 296 g/mol. The lowest BCUT2D eigenvalue weighted by Crippen LogP contribution is -2.27. The second-order valence-corrected chi connectivity index (χ2v) is 6.91. The van der Waals surface area contributed by atoms with Crippen LogP contribution in [0.5, 0.6) is 0 Å². The molecule has 2 aliphatic carbocycles. The van der Waals surface area contributed by atoms with Gasteiger partial charge in [-0.25, -0.2) is 0 Å². The first kappa shape index (κ1) is 14.4. The summed E-state index contributed by atoms with van der Waals surface area (Å²) in [4.78, 5) is 2.18. The molecule has 0 amide bonds. The lowest BCUT2D eigenvalue weighted by Gasteiger charge is -2.21. The van der Waals surface area contributed by atoms with Crippen molar-refractivity contribution in [3.05, 3.63) is 16.9 Å². The molecule has 20 heavy (non-hydrogen) atoms. The lowest BCUT2D eigenvalue weighted by atomic mass is 10.0. The standard InChI is InChI=1S/C15H25ClN4/c1-17-14(13-10-5-4-6-11(10)13)15-12(16)9-18-20(15)8-7-19(2)3/h9-11,13-14,17H,4-8H2,1-3H3. The fourth-order valence-corrected chi connectivity index (χ4v) is 4.30. The average Bonchev–Trinajstić information content (AvgIpc) is 2.77. The molecule has 4 nitrogen and oxygen atoms in total. The summed E-state index contributed by atoms with van der Waals surface area (Å²) in [6.07, 6.45) is 6.01. The minimum absolute atomic E-state index is 0.363. The lowest BCUT2D eigenvalue weighted by molar-refractivity contribution is 0.353. The molecule has 0 bridgehead atoms. The topological polar surface area (TPSA) is 33.1 Å². The number of likely N-dealkylation sites (N-methyl/N-ethyl adjacent to an activating group) is 1. The van der Waals surface area contributed by atoms with E-state index in [0.29, 0.717) is 6.04 Å². The number of rotatable bonds is 6. The molecule has 5 heteroatoms. The minimum atomic E-state index is 0.363. The first-order chi connectivity index (χ1) is 9.63. The summed E-state index contributed by atoms with van der Waals surface area (Å²) in [6, 6.07) is 0.363. The Hall–Kier alpha value is -0.580. The van der Waals surface area contributed by atoms with Crippen molar-refractivity contribution in [2.24, 2.45) is 17.8 Å². The SMILES string of the molecule is CNC(c1c(Cl)cnn1CCN(C)C)C1C2CCCC21. The van der Waals surface area contributed by atoms with Gasteiger partial charge >= 0.3 is 0 Å². The van der Waals surface area contributed by atoms with Gasteiger partial charge in [-0.3, -0.25) is 4.68 Å². The molecule has 0 radical (unpaired) electrons. The Bertz CT molecular complexity index is 460. The van der Waals surface area contributed by atoms with Crippen molar-refractivity contribution in [3.8, 4) is 0 Å². The highest BCUT2D eigenvalue weighted by Crippen LogP contribution is 2.62. The van der Waals surface area contributed by atoms with Crippen molar-refractivity contribution in [2.45, 2.75) is 31.8 Å². The summed E-state index contributed by atoms with van der Waals surface area (Å²) in [6.45, 7) is 1.88. The number of fused-ring (bicyclic) bond motifs is 1. The quantitative estimate of drug-likeness (QED) is 0.875. The van der Waals surface area contributed by atoms with Gasteiger partial charge in [0.2, 0.25) is 0 Å². The van der Waals surface area contributed by atoms with E-state index in [2.05, 4.69) is 41.1 Å². The molecule has 1 heterocycles. The third-order valence-corrected chi connectivity index (χ3v) is 5.35. The maximum atomic E-state index is 6.43. The van der Waals surface area contributed by atoms with Crippen LogP contribution in [0.15, 0.2) is 6.20 Å². The van der Waals surface area contributed by atoms with Crippen LogP contribution in [0, 0.1) is 17.8 Å². The molecule has 1 aromatic rings. The predicted octanol–water partition coefficient (Wildman–Crippen LogP) is 2.40. The molecular weight excluding hydrogens is 272 g/mol. The average molecular weight is 297 g/mol. The molecule has 0 aliphatic heterocycles. The van der Waals surface area contributed by atoms with Crippen LogP contribution in [0.1, 0.15) is 31.0 Å². The van der Waals surface area contributed by atoms with Crippen LogP contribution in [0.3, 0.4) is 0 Å². The molecule has 0 aromatic carbocycles. The van der Waals surface area contributed by atoms with Gasteiger partial charge in [0.05, 0.1) is 29.5 Å². The molecule has 0 spiro atoms. The van der Waals surface area contributed by atoms with E-state index in [1.165, 1.54) is 25.0 Å². The van der Waals surface area contributed by atoms with Crippen LogP contribution in [-0.4, -0.2) is 42.4 Å². The summed E-state index contributed by atoms with van der Waals surface area (Å²) >= 11 is 6.43. The molecule has 1 N–H and O–H groups in total. The Morgan fingerprint density at radius 2 is 2.15 bits per heavy atom. The van der Waals surface area contributed by atoms with Gasteiger partial charge in [-0.15, -0.1) is 0 Å². The maximum absolute atomic E-state index is 6.43. The zero-order valence-corrected chi connectivity index (χ0v) is 13.4. The summed E-state index contributed by atoms with van der Waals surface area (Å²) in [5.41, 5.74) is 1.19. The highest BCUT2D eigenvalue weighted by atomic mass is 35.5. The third-order valence-electron chi connectivity index (χ3n) is 5.06. The molecule has 3 rings (SSSR count). The molecule has 3 unspecified atom stereocenters. The molecule has 2 saturated carbocycles. The summed E-state index contributed by atoms with van der Waals surface area (Å²) in [5, 5.41) is 8.80. The molecule has 2 fully saturated rings. The van der Waals surface area contributed by atoms with Gasteiger partial charge in [0.15, 0.2) is 0 Å². The molecule has 1 aromatic heterocycles. The highest BCUT2D eigenvalue weighted by molar-refractivity contribution is 6.31. The number of hydrogen-bond acceptors (Lipinski definition) is 3. The summed E-state index contributed by atoms with van der Waals surface area (Å²) in [7, 11) is 6.23. The van der Waals surface area contributed by atoms with E-state index >= 15 is 0 Å². The third kappa shape index (κ3) is 2.49. The van der Waals surface area contributed by atoms with Crippen molar-refractivity contribution < 1.29 is 0 Å². The largest absolute Gasteiger partial charge is 0.311 e. The first-order valence-corrected chi connectivity index (χ1v) is 8.04. The number of nitrogens with one attached hydrogen (secondary N) is 1. The molecular formula is C15H25ClN4. The zero-order chi connectivity index (χ0) is 14.3. The number of halogens is 1. The second kappa shape index (κ2) is 5.66. The van der Waals surface area contributed by atoms with Gasteiger partial charge in [0, 0.05) is 6.54 Å². The Morgan fingerprint density at radius 3 is 2.75 bits per heavy atom. The maximum Gasteiger partial charge on any atom is 0.0834 e. The van der Waals surface area contributed by atoms with Crippen LogP contribution in [0.4, 0.5) is 0 Å². The zero-order valence-electron chi connectivity index (χ0n) is 12.6. The Morgan fingerprint density at radius 1 is 1.45 bits per heavy atom. The van der Waals surface area contributed by atoms with Gasteiger partial charge in [0.1, 0.15) is 0 Å². The molecule has 0 saturated heterocycles. The van der Waals surface area contributed by atoms with E-state index in [-0.39, 0.29) is 0 Å². The van der Waals surface area contributed by atoms with Gasteiger partial charge in [-0.05, 0) is 51.7 Å². The van der Waals surface area contributed by atoms with Crippen LogP contribution >= 0.6 is 11.6 Å². The van der Waals surface area contributed by atoms with Crippen molar-refractivity contribution in [3.63, 3.8) is 0 Å². The Kier molecular flexibility index (Phi) is 4.07. The van der Waals surface area contributed by atoms with Crippen molar-refractivity contribution in [1.29, 1.82) is 0 Å². The van der Waals surface area contributed by atoms with Gasteiger partial charge in [0.25, 0.3) is 0 Å². The van der Waals surface area contributed by atoms with Gasteiger partial charge < -0.3 is 10.2 Å². The molecule has 3 atom stereocenters. The van der Waals surface area contributed by atoms with Gasteiger partial charge in [-0.1, -0.05) is 18.0 Å². The van der Waals surface area contributed by atoms with Crippen molar-refractivity contribution in [2.75, 3.05) is 27.7 Å². The number of aromatic nitrogens is 2. The normalized spacial score (nSPS) is 29.8. The minimum Gasteiger partial charge on any atom is -0.311 e. The summed E-state index contributed by atoms with van der Waals surface area (Å²) in [5.74, 6) is 2.60. The smallest absolute Gasteiger partial charge is 0.0834 e.